The number of fused-ring (bicyclic) bond motifs is 2. The van der Waals surface area contributed by atoms with Gasteiger partial charge in [0.2, 0.25) is 0 Å². The van der Waals surface area contributed by atoms with Crippen molar-refractivity contribution in [2.24, 2.45) is 0 Å². The van der Waals surface area contributed by atoms with Gasteiger partial charge >= 0.3 is 0 Å². The Balaban J connectivity index is 1.53. The minimum absolute atomic E-state index is 0.229. The Kier molecular flexibility index (Phi) is 4.37. The molecule has 0 fully saturated rings. The third-order valence-electron chi connectivity index (χ3n) is 5.25. The minimum atomic E-state index is -0.365. The smallest absolute Gasteiger partial charge is 0.194 e. The number of halogens is 1. The van der Waals surface area contributed by atoms with Gasteiger partial charge in [-0.15, -0.1) is 11.3 Å². The van der Waals surface area contributed by atoms with Crippen LogP contribution in [0.1, 0.15) is 28.6 Å². The molecule has 1 atom stereocenters. The molecule has 6 heteroatoms. The molecule has 2 aromatic carbocycles. The molecule has 1 unspecified atom stereocenters. The van der Waals surface area contributed by atoms with Crippen LogP contribution in [-0.2, 0) is 13.1 Å². The number of hydrogen-bond donors (Lipinski definition) is 0. The number of thiazole rings is 1. The van der Waals surface area contributed by atoms with Crippen molar-refractivity contribution < 1.29 is 9.13 Å². The zero-order valence-electron chi connectivity index (χ0n) is 15.5. The largest absolute Gasteiger partial charge is 0.484 e. The van der Waals surface area contributed by atoms with Crippen molar-refractivity contribution in [2.75, 3.05) is 6.54 Å². The summed E-state index contributed by atoms with van der Waals surface area (Å²) in [5.41, 5.74) is 3.91. The van der Waals surface area contributed by atoms with E-state index in [9.17, 15) is 4.39 Å². The van der Waals surface area contributed by atoms with Gasteiger partial charge in [-0.1, -0.05) is 36.4 Å². The molecule has 0 saturated carbocycles. The predicted molar refractivity (Wildman–Crippen MR) is 108 cm³/mol. The lowest BCUT2D eigenvalue weighted by atomic mass is 10.1. The number of hydrogen-bond acceptors (Lipinski definition) is 4. The molecule has 0 N–H and O–H groups in total. The summed E-state index contributed by atoms with van der Waals surface area (Å²) in [6, 6.07) is 14.9. The van der Waals surface area contributed by atoms with Crippen molar-refractivity contribution in [3.63, 3.8) is 0 Å². The van der Waals surface area contributed by atoms with Crippen molar-refractivity contribution >= 4 is 16.3 Å². The minimum Gasteiger partial charge on any atom is -0.484 e. The van der Waals surface area contributed by atoms with Gasteiger partial charge in [-0.05, 0) is 19.1 Å². The van der Waals surface area contributed by atoms with Crippen LogP contribution in [0.3, 0.4) is 0 Å². The van der Waals surface area contributed by atoms with E-state index >= 15 is 0 Å². The lowest BCUT2D eigenvalue weighted by Gasteiger charge is -2.24. The van der Waals surface area contributed by atoms with Gasteiger partial charge in [-0.3, -0.25) is 9.30 Å². The van der Waals surface area contributed by atoms with Crippen LogP contribution in [-0.4, -0.2) is 20.8 Å². The Morgan fingerprint density at radius 1 is 1.18 bits per heavy atom. The van der Waals surface area contributed by atoms with E-state index in [4.69, 9.17) is 4.74 Å². The average Bonchev–Trinajstić information content (AvgIpc) is 3.19. The van der Waals surface area contributed by atoms with Gasteiger partial charge < -0.3 is 4.74 Å². The summed E-state index contributed by atoms with van der Waals surface area (Å²) in [5, 5.41) is 2.05. The van der Waals surface area contributed by atoms with Gasteiger partial charge in [0.25, 0.3) is 0 Å². The number of benzene rings is 2. The zero-order valence-corrected chi connectivity index (χ0v) is 16.3. The third-order valence-corrected chi connectivity index (χ3v) is 6.00. The van der Waals surface area contributed by atoms with Gasteiger partial charge in [-0.25, -0.2) is 9.37 Å². The first-order valence-electron chi connectivity index (χ1n) is 9.31. The maximum atomic E-state index is 14.5. The van der Waals surface area contributed by atoms with E-state index in [-0.39, 0.29) is 11.9 Å². The maximum absolute atomic E-state index is 14.5. The van der Waals surface area contributed by atoms with Crippen molar-refractivity contribution in [1.82, 2.24) is 14.3 Å². The number of para-hydroxylation sites is 1. The van der Waals surface area contributed by atoms with Crippen LogP contribution in [0.4, 0.5) is 4.39 Å². The summed E-state index contributed by atoms with van der Waals surface area (Å²) in [6.07, 6.45) is 1.70. The molecule has 0 saturated heterocycles. The average molecular weight is 393 g/mol. The van der Waals surface area contributed by atoms with E-state index in [0.29, 0.717) is 12.1 Å². The Bertz CT molecular complexity index is 1140. The standard InChI is InChI=1S/C22H20FN3OS/c1-15-19(26-10-11-28-22(26)24-15)13-25-12-16-6-2-5-9-20(16)27-21(14-25)17-7-3-4-8-18(17)23/h2-11,21H,12-14H2,1H3. The Morgan fingerprint density at radius 3 is 2.89 bits per heavy atom. The zero-order chi connectivity index (χ0) is 19.1. The summed E-state index contributed by atoms with van der Waals surface area (Å²) < 4.78 is 22.9. The normalized spacial score (nSPS) is 17.3. The lowest BCUT2D eigenvalue weighted by molar-refractivity contribution is 0.139. The van der Waals surface area contributed by atoms with E-state index in [1.165, 1.54) is 11.8 Å². The van der Waals surface area contributed by atoms with Gasteiger partial charge in [0.1, 0.15) is 17.7 Å². The van der Waals surface area contributed by atoms with E-state index in [1.54, 1.807) is 17.4 Å². The highest BCUT2D eigenvalue weighted by atomic mass is 32.1. The molecule has 0 aliphatic carbocycles. The fourth-order valence-electron chi connectivity index (χ4n) is 3.84. The van der Waals surface area contributed by atoms with Crippen LogP contribution in [0.5, 0.6) is 5.75 Å². The van der Waals surface area contributed by atoms with Gasteiger partial charge in [0.05, 0.1) is 11.4 Å². The van der Waals surface area contributed by atoms with Crippen LogP contribution in [0.15, 0.2) is 60.1 Å². The number of ether oxygens (including phenoxy) is 1. The highest BCUT2D eigenvalue weighted by Crippen LogP contribution is 2.33. The summed E-state index contributed by atoms with van der Waals surface area (Å²) in [5.74, 6) is 0.594. The highest BCUT2D eigenvalue weighted by molar-refractivity contribution is 7.15. The van der Waals surface area contributed by atoms with Crippen LogP contribution >= 0.6 is 11.3 Å². The second-order valence-corrected chi connectivity index (χ2v) is 7.98. The molecular formula is C22H20FN3OS. The number of imidazole rings is 1. The topological polar surface area (TPSA) is 29.8 Å². The van der Waals surface area contributed by atoms with Crippen molar-refractivity contribution in [3.05, 3.63) is 88.4 Å². The molecule has 0 bridgehead atoms. The molecule has 1 aliphatic heterocycles. The third kappa shape index (κ3) is 3.08. The Hall–Kier alpha value is -2.70. The van der Waals surface area contributed by atoms with Gasteiger partial charge in [0.15, 0.2) is 4.96 Å². The fraction of sp³-hybridized carbons (Fsp3) is 0.227. The van der Waals surface area contributed by atoms with Gasteiger partial charge in [-0.2, -0.15) is 0 Å². The van der Waals surface area contributed by atoms with Crippen molar-refractivity contribution in [1.29, 1.82) is 0 Å². The number of nitrogens with zero attached hydrogens (tertiary/aromatic N) is 3. The number of aromatic nitrogens is 2. The number of aryl methyl sites for hydroxylation is 1. The molecule has 0 radical (unpaired) electrons. The predicted octanol–water partition coefficient (Wildman–Crippen LogP) is 4.98. The first-order chi connectivity index (χ1) is 13.7. The van der Waals surface area contributed by atoms with Gasteiger partial charge in [0, 0.05) is 42.3 Å². The second-order valence-electron chi connectivity index (χ2n) is 7.10. The van der Waals surface area contributed by atoms with Crippen molar-refractivity contribution in [3.8, 4) is 5.75 Å². The van der Waals surface area contributed by atoms with Crippen LogP contribution < -0.4 is 4.74 Å². The Labute approximate surface area is 166 Å². The second kappa shape index (κ2) is 7.04. The quantitative estimate of drug-likeness (QED) is 0.492. The molecule has 3 heterocycles. The lowest BCUT2D eigenvalue weighted by Crippen LogP contribution is -2.29. The fourth-order valence-corrected chi connectivity index (χ4v) is 4.62. The molecule has 0 spiro atoms. The molecule has 28 heavy (non-hydrogen) atoms. The molecule has 5 rings (SSSR count). The first kappa shape index (κ1) is 17.4. The van der Waals surface area contributed by atoms with E-state index < -0.39 is 0 Å². The summed E-state index contributed by atoms with van der Waals surface area (Å²) in [4.78, 5) is 7.98. The highest BCUT2D eigenvalue weighted by Gasteiger charge is 2.27. The molecule has 2 aromatic heterocycles. The Morgan fingerprint density at radius 2 is 2.00 bits per heavy atom. The SMILES string of the molecule is Cc1nc2sccn2c1CN1Cc2ccccc2OC(c2ccccc2F)C1. The maximum Gasteiger partial charge on any atom is 0.194 e. The van der Waals surface area contributed by atoms with Crippen LogP contribution in [0, 0.1) is 12.7 Å². The summed E-state index contributed by atoms with van der Waals surface area (Å²) in [7, 11) is 0. The molecule has 0 amide bonds. The van der Waals surface area contributed by atoms with Crippen LogP contribution in [0.2, 0.25) is 0 Å². The van der Waals surface area contributed by atoms with E-state index in [2.05, 4.69) is 26.5 Å². The summed E-state index contributed by atoms with van der Waals surface area (Å²) in [6.45, 7) is 4.13. The molecule has 4 nitrogen and oxygen atoms in total. The molecular weight excluding hydrogens is 373 g/mol. The molecule has 4 aromatic rings. The first-order valence-corrected chi connectivity index (χ1v) is 10.2. The van der Waals surface area contributed by atoms with E-state index in [1.807, 2.05) is 42.6 Å². The summed E-state index contributed by atoms with van der Waals surface area (Å²) >= 11 is 1.64. The molecule has 142 valence electrons. The van der Waals surface area contributed by atoms with E-state index in [0.717, 1.165) is 35.1 Å². The molecule has 1 aliphatic rings. The van der Waals surface area contributed by atoms with Crippen LogP contribution in [0.25, 0.3) is 4.96 Å². The number of rotatable bonds is 3. The monoisotopic (exact) mass is 393 g/mol. The van der Waals surface area contributed by atoms with Crippen molar-refractivity contribution in [2.45, 2.75) is 26.1 Å².